The van der Waals surface area contributed by atoms with Gasteiger partial charge in [0.25, 0.3) is 0 Å². The van der Waals surface area contributed by atoms with Crippen molar-refractivity contribution in [3.05, 3.63) is 0 Å². The second-order valence-corrected chi connectivity index (χ2v) is 8.27. The summed E-state index contributed by atoms with van der Waals surface area (Å²) in [5, 5.41) is 13.1. The van der Waals surface area contributed by atoms with Crippen LogP contribution in [0.5, 0.6) is 0 Å². The number of aliphatic hydroxyl groups is 1. The molecule has 4 nitrogen and oxygen atoms in total. The summed E-state index contributed by atoms with van der Waals surface area (Å²) in [6.45, 7) is 8.90. The molecule has 0 aliphatic carbocycles. The molecule has 0 spiro atoms. The van der Waals surface area contributed by atoms with Crippen molar-refractivity contribution >= 4 is 0 Å². The first-order chi connectivity index (χ1) is 11.8. The van der Waals surface area contributed by atoms with E-state index in [-0.39, 0.29) is 0 Å². The van der Waals surface area contributed by atoms with E-state index in [4.69, 9.17) is 0 Å². The van der Waals surface area contributed by atoms with Crippen LogP contribution in [0.2, 0.25) is 0 Å². The molecule has 0 aromatic heterocycles. The summed E-state index contributed by atoms with van der Waals surface area (Å²) in [7, 11) is 0. The molecule has 0 saturated carbocycles. The van der Waals surface area contributed by atoms with Crippen LogP contribution in [0.1, 0.15) is 64.7 Å². The Labute approximate surface area is 149 Å². The zero-order valence-corrected chi connectivity index (χ0v) is 15.8. The highest BCUT2D eigenvalue weighted by atomic mass is 16.3. The third-order valence-electron chi connectivity index (χ3n) is 6.84. The standard InChI is InChI=1S/C20H39N3O/c1-2-18-7-3-5-12-22(18)16-17-9-11-21-15-20(17)23-13-6-4-8-19(23)10-14-24/h17-21,24H,2-16H2,1H3. The van der Waals surface area contributed by atoms with Gasteiger partial charge in [-0.25, -0.2) is 0 Å². The molecule has 4 unspecified atom stereocenters. The number of likely N-dealkylation sites (tertiary alicyclic amines) is 2. The summed E-state index contributed by atoms with van der Waals surface area (Å²) < 4.78 is 0. The molecule has 3 fully saturated rings. The molecule has 140 valence electrons. The number of nitrogens with zero attached hydrogens (tertiary/aromatic N) is 2. The highest BCUT2D eigenvalue weighted by molar-refractivity contribution is 4.93. The van der Waals surface area contributed by atoms with Crippen molar-refractivity contribution in [3.63, 3.8) is 0 Å². The monoisotopic (exact) mass is 337 g/mol. The minimum Gasteiger partial charge on any atom is -0.396 e. The van der Waals surface area contributed by atoms with Gasteiger partial charge in [0.1, 0.15) is 0 Å². The lowest BCUT2D eigenvalue weighted by Crippen LogP contribution is -2.59. The molecule has 2 N–H and O–H groups in total. The van der Waals surface area contributed by atoms with Crippen LogP contribution < -0.4 is 5.32 Å². The quantitative estimate of drug-likeness (QED) is 0.781. The van der Waals surface area contributed by atoms with Gasteiger partial charge in [-0.1, -0.05) is 19.8 Å². The van der Waals surface area contributed by atoms with Crippen molar-refractivity contribution in [2.24, 2.45) is 5.92 Å². The average molecular weight is 338 g/mol. The fraction of sp³-hybridized carbons (Fsp3) is 1.00. The van der Waals surface area contributed by atoms with E-state index in [1.54, 1.807) is 0 Å². The van der Waals surface area contributed by atoms with Gasteiger partial charge in [0.2, 0.25) is 0 Å². The van der Waals surface area contributed by atoms with E-state index < -0.39 is 0 Å². The molecule has 3 heterocycles. The van der Waals surface area contributed by atoms with Crippen molar-refractivity contribution < 1.29 is 5.11 Å². The molecule has 3 rings (SSSR count). The Morgan fingerprint density at radius 1 is 1.00 bits per heavy atom. The molecule has 4 heteroatoms. The molecule has 24 heavy (non-hydrogen) atoms. The van der Waals surface area contributed by atoms with Gasteiger partial charge in [-0.15, -0.1) is 0 Å². The summed E-state index contributed by atoms with van der Waals surface area (Å²) in [4.78, 5) is 5.60. The molecule has 0 aromatic carbocycles. The van der Waals surface area contributed by atoms with Gasteiger partial charge in [-0.2, -0.15) is 0 Å². The van der Waals surface area contributed by atoms with E-state index in [0.29, 0.717) is 18.7 Å². The lowest BCUT2D eigenvalue weighted by Gasteiger charge is -2.48. The van der Waals surface area contributed by atoms with Crippen molar-refractivity contribution in [1.29, 1.82) is 0 Å². The SMILES string of the molecule is CCC1CCCCN1CC1CCNCC1N1CCCCC1CCO. The predicted octanol–water partition coefficient (Wildman–Crippen LogP) is 2.47. The maximum atomic E-state index is 9.48. The average Bonchev–Trinajstić information content (AvgIpc) is 2.64. The van der Waals surface area contributed by atoms with Crippen molar-refractivity contribution in [1.82, 2.24) is 15.1 Å². The molecular formula is C20H39N3O. The number of hydrogen-bond acceptors (Lipinski definition) is 4. The normalized spacial score (nSPS) is 36.8. The third-order valence-corrected chi connectivity index (χ3v) is 6.84. The lowest BCUT2D eigenvalue weighted by molar-refractivity contribution is 0.0129. The molecule has 4 atom stereocenters. The number of aliphatic hydroxyl groups excluding tert-OH is 1. The van der Waals surface area contributed by atoms with Crippen molar-refractivity contribution in [2.45, 2.75) is 82.8 Å². The molecule has 3 aliphatic heterocycles. The Bertz CT molecular complexity index is 363. The fourth-order valence-electron chi connectivity index (χ4n) is 5.48. The number of rotatable bonds is 6. The summed E-state index contributed by atoms with van der Waals surface area (Å²) in [5.41, 5.74) is 0. The minimum atomic E-state index is 0.343. The van der Waals surface area contributed by atoms with Crippen LogP contribution >= 0.6 is 0 Å². The van der Waals surface area contributed by atoms with Gasteiger partial charge < -0.3 is 15.3 Å². The van der Waals surface area contributed by atoms with Crippen LogP contribution in [0.3, 0.4) is 0 Å². The van der Waals surface area contributed by atoms with E-state index in [1.165, 1.54) is 77.5 Å². The molecule has 0 bridgehead atoms. The minimum absolute atomic E-state index is 0.343. The highest BCUT2D eigenvalue weighted by Crippen LogP contribution is 2.30. The summed E-state index contributed by atoms with van der Waals surface area (Å²) in [6, 6.07) is 2.11. The van der Waals surface area contributed by atoms with E-state index >= 15 is 0 Å². The summed E-state index contributed by atoms with van der Waals surface area (Å²) in [6.07, 6.45) is 11.8. The van der Waals surface area contributed by atoms with E-state index in [1.807, 2.05) is 0 Å². The summed E-state index contributed by atoms with van der Waals surface area (Å²) in [5.74, 6) is 0.803. The molecular weight excluding hydrogens is 298 g/mol. The maximum absolute atomic E-state index is 9.48. The highest BCUT2D eigenvalue weighted by Gasteiger charge is 2.36. The Morgan fingerprint density at radius 2 is 1.79 bits per heavy atom. The van der Waals surface area contributed by atoms with Crippen LogP contribution in [0, 0.1) is 5.92 Å². The molecule has 3 saturated heterocycles. The van der Waals surface area contributed by atoms with E-state index in [0.717, 1.165) is 24.9 Å². The Balaban J connectivity index is 1.65. The van der Waals surface area contributed by atoms with Crippen LogP contribution in [-0.2, 0) is 0 Å². The van der Waals surface area contributed by atoms with E-state index in [9.17, 15) is 5.11 Å². The van der Waals surface area contributed by atoms with Crippen LogP contribution in [0.15, 0.2) is 0 Å². The molecule has 0 amide bonds. The first-order valence-electron chi connectivity index (χ1n) is 10.6. The Hall–Kier alpha value is -0.160. The molecule has 3 aliphatic rings. The van der Waals surface area contributed by atoms with Crippen LogP contribution in [0.25, 0.3) is 0 Å². The second kappa shape index (κ2) is 9.51. The van der Waals surface area contributed by atoms with Gasteiger partial charge in [0.15, 0.2) is 0 Å². The predicted molar refractivity (Wildman–Crippen MR) is 100 cm³/mol. The largest absolute Gasteiger partial charge is 0.396 e. The number of piperidine rings is 3. The van der Waals surface area contributed by atoms with Gasteiger partial charge in [-0.05, 0) is 70.5 Å². The van der Waals surface area contributed by atoms with Gasteiger partial charge in [-0.3, -0.25) is 4.90 Å². The Kier molecular flexibility index (Phi) is 7.38. The molecule has 0 aromatic rings. The first kappa shape index (κ1) is 18.6. The van der Waals surface area contributed by atoms with Gasteiger partial charge in [0.05, 0.1) is 0 Å². The van der Waals surface area contributed by atoms with Gasteiger partial charge in [0, 0.05) is 37.8 Å². The van der Waals surface area contributed by atoms with E-state index in [2.05, 4.69) is 22.0 Å². The van der Waals surface area contributed by atoms with Crippen molar-refractivity contribution in [2.75, 3.05) is 39.3 Å². The smallest absolute Gasteiger partial charge is 0.0445 e. The third kappa shape index (κ3) is 4.51. The number of nitrogens with one attached hydrogen (secondary N) is 1. The first-order valence-corrected chi connectivity index (χ1v) is 10.6. The zero-order chi connectivity index (χ0) is 16.8. The van der Waals surface area contributed by atoms with Crippen LogP contribution in [-0.4, -0.2) is 72.4 Å². The lowest BCUT2D eigenvalue weighted by atomic mass is 9.86. The van der Waals surface area contributed by atoms with Gasteiger partial charge >= 0.3 is 0 Å². The Morgan fingerprint density at radius 3 is 2.58 bits per heavy atom. The molecule has 0 radical (unpaired) electrons. The van der Waals surface area contributed by atoms with Crippen LogP contribution in [0.4, 0.5) is 0 Å². The van der Waals surface area contributed by atoms with Crippen molar-refractivity contribution in [3.8, 4) is 0 Å². The fourth-order valence-corrected chi connectivity index (χ4v) is 5.48. The topological polar surface area (TPSA) is 38.7 Å². The second-order valence-electron chi connectivity index (χ2n) is 8.27. The zero-order valence-electron chi connectivity index (χ0n) is 15.8. The maximum Gasteiger partial charge on any atom is 0.0445 e. The number of hydrogen-bond donors (Lipinski definition) is 2. The summed E-state index contributed by atoms with van der Waals surface area (Å²) >= 11 is 0.